The van der Waals surface area contributed by atoms with Crippen molar-refractivity contribution < 1.29 is 0 Å². The Morgan fingerprint density at radius 1 is 1.38 bits per heavy atom. The van der Waals surface area contributed by atoms with E-state index in [1.54, 1.807) is 0 Å². The summed E-state index contributed by atoms with van der Waals surface area (Å²) in [5, 5.41) is 0. The van der Waals surface area contributed by atoms with Gasteiger partial charge < -0.3 is 5.73 Å². The van der Waals surface area contributed by atoms with E-state index in [-0.39, 0.29) is 6.04 Å². The maximum atomic E-state index is 5.87. The first-order valence-corrected chi connectivity index (χ1v) is 7.60. The van der Waals surface area contributed by atoms with E-state index in [4.69, 9.17) is 5.73 Å². The molecule has 1 nitrogen and oxygen atoms in total. The summed E-state index contributed by atoms with van der Waals surface area (Å²) in [6.45, 7) is 4.24. The van der Waals surface area contributed by atoms with Crippen LogP contribution in [-0.4, -0.2) is 5.75 Å². The van der Waals surface area contributed by atoms with Crippen molar-refractivity contribution in [2.24, 2.45) is 5.73 Å². The molecular weight excluding hydrogens is 282 g/mol. The zero-order valence-corrected chi connectivity index (χ0v) is 12.4. The Hall–Kier alpha value is 0.01000. The molecule has 0 aliphatic carbocycles. The van der Waals surface area contributed by atoms with Crippen LogP contribution < -0.4 is 5.73 Å². The van der Waals surface area contributed by atoms with Gasteiger partial charge in [0.1, 0.15) is 0 Å². The fourth-order valence-corrected chi connectivity index (χ4v) is 3.35. The highest BCUT2D eigenvalue weighted by atomic mass is 79.9. The highest BCUT2D eigenvalue weighted by Gasteiger charge is 2.05. The number of hydrogen-bond donors (Lipinski definition) is 1. The number of rotatable bonds is 6. The highest BCUT2D eigenvalue weighted by molar-refractivity contribution is 9.10. The summed E-state index contributed by atoms with van der Waals surface area (Å²) in [5.74, 6) is 1.21. The second kappa shape index (κ2) is 7.36. The lowest BCUT2D eigenvalue weighted by Gasteiger charge is -2.10. The van der Waals surface area contributed by atoms with Crippen LogP contribution in [0.1, 0.15) is 44.7 Å². The Bertz CT molecular complexity index is 326. The standard InChI is InChI=1S/C13H20BrNS/c1-3-4-5-8-16-11-6-7-12(10(2)15)13(14)9-11/h6-7,9-10H,3-5,8,15H2,1-2H3. The van der Waals surface area contributed by atoms with E-state index in [0.29, 0.717) is 0 Å². The van der Waals surface area contributed by atoms with Gasteiger partial charge in [-0.15, -0.1) is 11.8 Å². The molecule has 3 heteroatoms. The fraction of sp³-hybridized carbons (Fsp3) is 0.538. The highest BCUT2D eigenvalue weighted by Crippen LogP contribution is 2.28. The topological polar surface area (TPSA) is 26.0 Å². The molecule has 0 fully saturated rings. The molecule has 0 radical (unpaired) electrons. The van der Waals surface area contributed by atoms with E-state index in [1.807, 2.05) is 18.7 Å². The largest absolute Gasteiger partial charge is 0.324 e. The van der Waals surface area contributed by atoms with Crippen molar-refractivity contribution in [3.05, 3.63) is 28.2 Å². The fourth-order valence-electron chi connectivity index (χ4n) is 1.51. The molecule has 0 saturated carbocycles. The van der Waals surface area contributed by atoms with Gasteiger partial charge in [0.05, 0.1) is 0 Å². The average Bonchev–Trinajstić information content (AvgIpc) is 2.24. The molecule has 0 bridgehead atoms. The monoisotopic (exact) mass is 301 g/mol. The zero-order chi connectivity index (χ0) is 12.0. The van der Waals surface area contributed by atoms with Gasteiger partial charge in [-0.05, 0) is 36.8 Å². The first kappa shape index (κ1) is 14.1. The lowest BCUT2D eigenvalue weighted by atomic mass is 10.1. The Morgan fingerprint density at radius 2 is 2.12 bits per heavy atom. The van der Waals surface area contributed by atoms with Crippen molar-refractivity contribution in [1.82, 2.24) is 0 Å². The van der Waals surface area contributed by atoms with Crippen LogP contribution in [0, 0.1) is 0 Å². The molecule has 2 N–H and O–H groups in total. The van der Waals surface area contributed by atoms with Crippen LogP contribution in [-0.2, 0) is 0 Å². The van der Waals surface area contributed by atoms with Crippen LogP contribution in [0.15, 0.2) is 27.6 Å². The number of halogens is 1. The first-order chi connectivity index (χ1) is 7.65. The molecule has 1 atom stereocenters. The van der Waals surface area contributed by atoms with Crippen LogP contribution in [0.2, 0.25) is 0 Å². The molecule has 1 aromatic carbocycles. The van der Waals surface area contributed by atoms with E-state index >= 15 is 0 Å². The van der Waals surface area contributed by atoms with E-state index in [9.17, 15) is 0 Å². The minimum Gasteiger partial charge on any atom is -0.324 e. The summed E-state index contributed by atoms with van der Waals surface area (Å²) in [5.41, 5.74) is 7.05. The van der Waals surface area contributed by atoms with Crippen molar-refractivity contribution in [3.8, 4) is 0 Å². The predicted molar refractivity (Wildman–Crippen MR) is 77.0 cm³/mol. The van der Waals surface area contributed by atoms with Crippen molar-refractivity contribution >= 4 is 27.7 Å². The van der Waals surface area contributed by atoms with Crippen LogP contribution in [0.25, 0.3) is 0 Å². The summed E-state index contributed by atoms with van der Waals surface area (Å²) in [6.07, 6.45) is 3.91. The Labute approximate surface area is 111 Å². The molecule has 0 spiro atoms. The van der Waals surface area contributed by atoms with Gasteiger partial charge in [0.25, 0.3) is 0 Å². The summed E-state index contributed by atoms with van der Waals surface area (Å²) in [6, 6.07) is 6.56. The average molecular weight is 302 g/mol. The van der Waals surface area contributed by atoms with Gasteiger partial charge in [-0.1, -0.05) is 41.8 Å². The predicted octanol–water partition coefficient (Wildman–Crippen LogP) is 4.75. The van der Waals surface area contributed by atoms with Gasteiger partial charge in [0, 0.05) is 15.4 Å². The van der Waals surface area contributed by atoms with E-state index in [0.717, 1.165) is 4.47 Å². The van der Waals surface area contributed by atoms with Crippen LogP contribution >= 0.6 is 27.7 Å². The molecule has 0 aromatic heterocycles. The van der Waals surface area contributed by atoms with Gasteiger partial charge in [0.2, 0.25) is 0 Å². The molecule has 0 saturated heterocycles. The summed E-state index contributed by atoms with van der Waals surface area (Å²) >= 11 is 5.50. The van der Waals surface area contributed by atoms with E-state index < -0.39 is 0 Å². The lowest BCUT2D eigenvalue weighted by molar-refractivity contribution is 0.778. The molecule has 16 heavy (non-hydrogen) atoms. The summed E-state index contributed by atoms with van der Waals surface area (Å²) < 4.78 is 1.13. The molecule has 90 valence electrons. The van der Waals surface area contributed by atoms with Crippen LogP contribution in [0.4, 0.5) is 0 Å². The number of unbranched alkanes of at least 4 members (excludes halogenated alkanes) is 2. The molecule has 1 rings (SSSR count). The maximum Gasteiger partial charge on any atom is 0.0277 e. The SMILES string of the molecule is CCCCCSc1ccc(C(C)N)c(Br)c1. The summed E-state index contributed by atoms with van der Waals surface area (Å²) in [7, 11) is 0. The third kappa shape index (κ3) is 4.48. The number of hydrogen-bond acceptors (Lipinski definition) is 2. The van der Waals surface area contributed by atoms with Crippen LogP contribution in [0.3, 0.4) is 0 Å². The quantitative estimate of drug-likeness (QED) is 0.606. The zero-order valence-electron chi connectivity index (χ0n) is 10.0. The second-order valence-electron chi connectivity index (χ2n) is 4.03. The maximum absolute atomic E-state index is 5.87. The third-order valence-electron chi connectivity index (χ3n) is 2.48. The first-order valence-electron chi connectivity index (χ1n) is 5.83. The normalized spacial score (nSPS) is 12.8. The van der Waals surface area contributed by atoms with Crippen LogP contribution in [0.5, 0.6) is 0 Å². The van der Waals surface area contributed by atoms with Crippen molar-refractivity contribution in [2.75, 3.05) is 5.75 Å². The van der Waals surface area contributed by atoms with Gasteiger partial charge >= 0.3 is 0 Å². The number of nitrogens with two attached hydrogens (primary N) is 1. The molecule has 0 amide bonds. The van der Waals surface area contributed by atoms with Crippen molar-refractivity contribution in [3.63, 3.8) is 0 Å². The van der Waals surface area contributed by atoms with Crippen molar-refractivity contribution in [1.29, 1.82) is 0 Å². The molecule has 0 aliphatic heterocycles. The van der Waals surface area contributed by atoms with Crippen molar-refractivity contribution in [2.45, 2.75) is 44.0 Å². The van der Waals surface area contributed by atoms with Gasteiger partial charge in [-0.2, -0.15) is 0 Å². The Kier molecular flexibility index (Phi) is 6.47. The Morgan fingerprint density at radius 3 is 2.69 bits per heavy atom. The van der Waals surface area contributed by atoms with Gasteiger partial charge in [0.15, 0.2) is 0 Å². The summed E-state index contributed by atoms with van der Waals surface area (Å²) in [4.78, 5) is 1.33. The Balaban J connectivity index is 2.53. The lowest BCUT2D eigenvalue weighted by Crippen LogP contribution is -2.05. The third-order valence-corrected chi connectivity index (χ3v) is 4.25. The van der Waals surface area contributed by atoms with Gasteiger partial charge in [-0.3, -0.25) is 0 Å². The smallest absolute Gasteiger partial charge is 0.0277 e. The molecule has 1 aromatic rings. The second-order valence-corrected chi connectivity index (χ2v) is 6.05. The minimum absolute atomic E-state index is 0.0912. The van der Waals surface area contributed by atoms with Gasteiger partial charge in [-0.25, -0.2) is 0 Å². The molecule has 1 unspecified atom stereocenters. The van der Waals surface area contributed by atoms with E-state index in [1.165, 1.54) is 35.5 Å². The number of thioether (sulfide) groups is 1. The van der Waals surface area contributed by atoms with E-state index in [2.05, 4.69) is 41.1 Å². The molecular formula is C13H20BrNS. The minimum atomic E-state index is 0.0912. The molecule has 0 heterocycles. The number of benzene rings is 1. The molecule has 0 aliphatic rings.